The van der Waals surface area contributed by atoms with Gasteiger partial charge in [0, 0.05) is 11.1 Å². The molecule has 0 aliphatic carbocycles. The lowest BCUT2D eigenvalue weighted by Crippen LogP contribution is -2.29. The van der Waals surface area contributed by atoms with E-state index in [4.69, 9.17) is 4.74 Å². The fourth-order valence-electron chi connectivity index (χ4n) is 3.70. The Morgan fingerprint density at radius 2 is 1.84 bits per heavy atom. The van der Waals surface area contributed by atoms with Crippen molar-refractivity contribution in [1.29, 1.82) is 0 Å². The van der Waals surface area contributed by atoms with E-state index in [9.17, 15) is 9.59 Å². The number of nitrogens with zero attached hydrogens (tertiary/aromatic N) is 5. The number of nitrogens with one attached hydrogen (secondary N) is 2. The molecule has 154 valence electrons. The number of aryl methyl sites for hydroxylation is 1. The van der Waals surface area contributed by atoms with Crippen molar-refractivity contribution < 1.29 is 9.53 Å². The molecule has 5 rings (SSSR count). The Kier molecular flexibility index (Phi) is 4.32. The van der Waals surface area contributed by atoms with Crippen molar-refractivity contribution >= 4 is 17.6 Å². The van der Waals surface area contributed by atoms with E-state index in [0.717, 1.165) is 16.7 Å². The minimum atomic E-state index is -0.529. The van der Waals surface area contributed by atoms with Gasteiger partial charge in [0.25, 0.3) is 5.56 Å². The van der Waals surface area contributed by atoms with E-state index in [-0.39, 0.29) is 5.56 Å². The summed E-state index contributed by atoms with van der Waals surface area (Å²) in [5.74, 6) is -0.0973. The highest BCUT2D eigenvalue weighted by molar-refractivity contribution is 5.89. The third kappa shape index (κ3) is 3.05. The molecule has 3 heterocycles. The predicted molar refractivity (Wildman–Crippen MR) is 111 cm³/mol. The van der Waals surface area contributed by atoms with Crippen molar-refractivity contribution in [3.05, 3.63) is 81.1 Å². The van der Waals surface area contributed by atoms with Crippen LogP contribution in [0.15, 0.2) is 53.3 Å². The highest BCUT2D eigenvalue weighted by atomic mass is 16.5. The summed E-state index contributed by atoms with van der Waals surface area (Å²) in [5.41, 5.74) is 4.34. The molecular formula is C21H17N7O3. The predicted octanol–water partition coefficient (Wildman–Crippen LogP) is 2.21. The van der Waals surface area contributed by atoms with Crippen LogP contribution in [-0.2, 0) is 4.74 Å². The third-order valence-electron chi connectivity index (χ3n) is 5.24. The van der Waals surface area contributed by atoms with E-state index in [1.54, 1.807) is 28.9 Å². The second kappa shape index (κ2) is 7.17. The van der Waals surface area contributed by atoms with Gasteiger partial charge in [0.2, 0.25) is 5.95 Å². The van der Waals surface area contributed by atoms with Crippen LogP contribution in [0.5, 0.6) is 0 Å². The molecule has 4 aromatic rings. The highest BCUT2D eigenvalue weighted by Crippen LogP contribution is 2.41. The average Bonchev–Trinajstić information content (AvgIpc) is 3.27. The number of methoxy groups -OCH3 is 1. The number of ether oxygens (including phenoxy) is 1. The summed E-state index contributed by atoms with van der Waals surface area (Å²) in [4.78, 5) is 24.5. The van der Waals surface area contributed by atoms with Crippen molar-refractivity contribution in [3.63, 3.8) is 0 Å². The molecule has 2 aromatic heterocycles. The molecule has 2 aromatic carbocycles. The van der Waals surface area contributed by atoms with Crippen LogP contribution in [0, 0.1) is 6.92 Å². The molecule has 2 N–H and O–H groups in total. The minimum absolute atomic E-state index is 0.329. The molecule has 0 amide bonds. The first kappa shape index (κ1) is 18.7. The molecule has 0 saturated carbocycles. The number of hydrogen-bond acceptors (Lipinski definition) is 8. The number of H-pyrrole nitrogens is 1. The zero-order chi connectivity index (χ0) is 21.5. The lowest BCUT2D eigenvalue weighted by atomic mass is 9.92. The maximum Gasteiger partial charge on any atom is 0.337 e. The van der Waals surface area contributed by atoms with Crippen LogP contribution >= 0.6 is 0 Å². The molecule has 0 saturated heterocycles. The van der Waals surface area contributed by atoms with Crippen molar-refractivity contribution in [2.45, 2.75) is 13.0 Å². The number of carbonyl (C=O) groups excluding carboxylic acids is 1. The molecule has 10 nitrogen and oxygen atoms in total. The van der Waals surface area contributed by atoms with Crippen molar-refractivity contribution in [1.82, 2.24) is 30.4 Å². The standard InChI is InChI=1S/C21H17N7O3/c1-11-3-5-12(6-4-11)16-15-17(19(29)24-23-16)22-21-25-26-27-28(21)18(15)13-7-9-14(10-8-13)20(30)31-2/h3-10,18H,1-2H3,(H,24,29)(H,22,25,27)/t18-/m1/s1. The van der Waals surface area contributed by atoms with Gasteiger partial charge in [-0.2, -0.15) is 9.78 Å². The summed E-state index contributed by atoms with van der Waals surface area (Å²) in [5, 5.41) is 21.8. The SMILES string of the molecule is COC(=O)c1ccc([C@@H]2c3c(-c4ccc(C)cc4)n[nH]c(=O)c3Nc3nnnn32)cc1. The molecule has 31 heavy (non-hydrogen) atoms. The number of tetrazole rings is 1. The quantitative estimate of drug-likeness (QED) is 0.429. The molecule has 0 fully saturated rings. The first-order valence-electron chi connectivity index (χ1n) is 9.49. The van der Waals surface area contributed by atoms with Gasteiger partial charge in [-0.3, -0.25) is 4.79 Å². The maximum atomic E-state index is 12.7. The molecule has 0 bridgehead atoms. The topological polar surface area (TPSA) is 128 Å². The fraction of sp³-hybridized carbons (Fsp3) is 0.143. The molecule has 0 unspecified atom stereocenters. The Morgan fingerprint density at radius 3 is 2.55 bits per heavy atom. The number of rotatable bonds is 3. The normalized spacial score (nSPS) is 14.3. The number of anilines is 2. The molecule has 0 radical (unpaired) electrons. The summed E-state index contributed by atoms with van der Waals surface area (Å²) in [7, 11) is 1.33. The van der Waals surface area contributed by atoms with E-state index in [0.29, 0.717) is 28.5 Å². The zero-order valence-corrected chi connectivity index (χ0v) is 16.7. The smallest absolute Gasteiger partial charge is 0.337 e. The Bertz CT molecular complexity index is 1340. The summed E-state index contributed by atoms with van der Waals surface area (Å²) >= 11 is 0. The number of esters is 1. The van der Waals surface area contributed by atoms with Gasteiger partial charge in [-0.25, -0.2) is 9.89 Å². The van der Waals surface area contributed by atoms with Gasteiger partial charge in [0.15, 0.2) is 0 Å². The summed E-state index contributed by atoms with van der Waals surface area (Å²) < 4.78 is 6.37. The van der Waals surface area contributed by atoms with E-state index in [1.807, 2.05) is 31.2 Å². The van der Waals surface area contributed by atoms with Gasteiger partial charge >= 0.3 is 5.97 Å². The van der Waals surface area contributed by atoms with Gasteiger partial charge in [-0.05, 0) is 35.0 Å². The Morgan fingerprint density at radius 1 is 1.10 bits per heavy atom. The van der Waals surface area contributed by atoms with Crippen LogP contribution in [0.2, 0.25) is 0 Å². The molecule has 10 heteroatoms. The number of fused-ring (bicyclic) bond motifs is 2. The summed E-state index contributed by atoms with van der Waals surface area (Å²) in [6, 6.07) is 14.2. The van der Waals surface area contributed by atoms with Crippen LogP contribution in [0.1, 0.15) is 33.1 Å². The average molecular weight is 415 g/mol. The van der Waals surface area contributed by atoms with Crippen molar-refractivity contribution in [2.24, 2.45) is 0 Å². The second-order valence-electron chi connectivity index (χ2n) is 7.14. The Hall–Kier alpha value is -4.34. The van der Waals surface area contributed by atoms with Crippen LogP contribution in [0.3, 0.4) is 0 Å². The lowest BCUT2D eigenvalue weighted by molar-refractivity contribution is 0.0600. The molecular weight excluding hydrogens is 398 g/mol. The molecule has 0 spiro atoms. The molecule has 1 atom stereocenters. The first-order valence-corrected chi connectivity index (χ1v) is 9.49. The van der Waals surface area contributed by atoms with Crippen LogP contribution in [-0.4, -0.2) is 43.5 Å². The van der Waals surface area contributed by atoms with Crippen molar-refractivity contribution in [2.75, 3.05) is 12.4 Å². The Balaban J connectivity index is 1.74. The summed E-state index contributed by atoms with van der Waals surface area (Å²) in [6.45, 7) is 2.00. The van der Waals surface area contributed by atoms with Crippen LogP contribution in [0.25, 0.3) is 11.3 Å². The number of carbonyl (C=O) groups is 1. The Labute approximate surface area is 175 Å². The number of aromatic amines is 1. The van der Waals surface area contributed by atoms with Gasteiger partial charge < -0.3 is 10.1 Å². The second-order valence-corrected chi connectivity index (χ2v) is 7.14. The van der Waals surface area contributed by atoms with Gasteiger partial charge in [-0.15, -0.1) is 0 Å². The van der Waals surface area contributed by atoms with Crippen LogP contribution in [0.4, 0.5) is 11.6 Å². The van der Waals surface area contributed by atoms with Gasteiger partial charge in [0.1, 0.15) is 11.7 Å². The third-order valence-corrected chi connectivity index (χ3v) is 5.24. The van der Waals surface area contributed by atoms with Gasteiger partial charge in [0.05, 0.1) is 18.4 Å². The van der Waals surface area contributed by atoms with Gasteiger partial charge in [-0.1, -0.05) is 47.1 Å². The zero-order valence-electron chi connectivity index (χ0n) is 16.7. The fourth-order valence-corrected chi connectivity index (χ4v) is 3.70. The molecule has 1 aliphatic rings. The summed E-state index contributed by atoms with van der Waals surface area (Å²) in [6.07, 6.45) is 0. The highest BCUT2D eigenvalue weighted by Gasteiger charge is 2.34. The van der Waals surface area contributed by atoms with Crippen molar-refractivity contribution in [3.8, 4) is 11.3 Å². The monoisotopic (exact) mass is 415 g/mol. The van der Waals surface area contributed by atoms with E-state index in [2.05, 4.69) is 31.0 Å². The van der Waals surface area contributed by atoms with E-state index < -0.39 is 12.0 Å². The first-order chi connectivity index (χ1) is 15.1. The maximum absolute atomic E-state index is 12.7. The van der Waals surface area contributed by atoms with Crippen LogP contribution < -0.4 is 10.9 Å². The lowest BCUT2D eigenvalue weighted by Gasteiger charge is -2.27. The number of hydrogen-bond donors (Lipinski definition) is 2. The largest absolute Gasteiger partial charge is 0.465 e. The number of benzene rings is 2. The minimum Gasteiger partial charge on any atom is -0.465 e. The van der Waals surface area contributed by atoms with E-state index >= 15 is 0 Å². The molecule has 1 aliphatic heterocycles. The number of aromatic nitrogens is 6. The van der Waals surface area contributed by atoms with E-state index in [1.165, 1.54) is 7.11 Å².